The quantitative estimate of drug-likeness (QED) is 0.773. The van der Waals surface area contributed by atoms with Crippen LogP contribution in [-0.2, 0) is 19.3 Å². The van der Waals surface area contributed by atoms with Crippen molar-refractivity contribution in [2.75, 3.05) is 0 Å². The molecule has 0 amide bonds. The second kappa shape index (κ2) is 5.53. The summed E-state index contributed by atoms with van der Waals surface area (Å²) in [6.45, 7) is 4.24. The fraction of sp³-hybridized carbons (Fsp3) is 0.412. The van der Waals surface area contributed by atoms with Crippen LogP contribution < -0.4 is 0 Å². The third-order valence-electron chi connectivity index (χ3n) is 3.82. The maximum atomic E-state index is 6.32. The summed E-state index contributed by atoms with van der Waals surface area (Å²) in [5.41, 5.74) is 6.15. The van der Waals surface area contributed by atoms with Crippen LogP contribution in [0.3, 0.4) is 0 Å². The van der Waals surface area contributed by atoms with Crippen LogP contribution in [0.1, 0.15) is 46.6 Å². The van der Waals surface area contributed by atoms with Gasteiger partial charge in [0.1, 0.15) is 11.0 Å². The molecule has 2 nitrogen and oxygen atoms in total. The molecule has 0 bridgehead atoms. The van der Waals surface area contributed by atoms with Crippen molar-refractivity contribution < 1.29 is 0 Å². The molecule has 1 heterocycles. The van der Waals surface area contributed by atoms with Gasteiger partial charge in [0.15, 0.2) is 0 Å². The van der Waals surface area contributed by atoms with E-state index >= 15 is 0 Å². The lowest BCUT2D eigenvalue weighted by Crippen LogP contribution is -2.10. The standard InChI is InChI=1S/C17H19ClN2/c1-11-7-12(2)9-13(8-11)10-16-19-15-6-4-3-5-14(15)17(18)20-16/h7-9H,3-6,10H2,1-2H3. The molecule has 0 atom stereocenters. The van der Waals surface area contributed by atoms with Gasteiger partial charge in [0, 0.05) is 17.7 Å². The molecule has 0 saturated carbocycles. The van der Waals surface area contributed by atoms with Crippen LogP contribution in [0.2, 0.25) is 5.15 Å². The highest BCUT2D eigenvalue weighted by molar-refractivity contribution is 6.30. The van der Waals surface area contributed by atoms with Gasteiger partial charge in [0.05, 0.1) is 0 Å². The Kier molecular flexibility index (Phi) is 3.75. The maximum absolute atomic E-state index is 6.32. The van der Waals surface area contributed by atoms with E-state index in [0.29, 0.717) is 5.15 Å². The Bertz CT molecular complexity index is 629. The number of halogens is 1. The molecule has 0 unspecified atom stereocenters. The summed E-state index contributed by atoms with van der Waals surface area (Å²) < 4.78 is 0. The van der Waals surface area contributed by atoms with Crippen LogP contribution in [0.25, 0.3) is 0 Å². The van der Waals surface area contributed by atoms with Gasteiger partial charge < -0.3 is 0 Å². The van der Waals surface area contributed by atoms with Crippen molar-refractivity contribution in [1.29, 1.82) is 0 Å². The van der Waals surface area contributed by atoms with Crippen LogP contribution in [-0.4, -0.2) is 9.97 Å². The van der Waals surface area contributed by atoms with Crippen LogP contribution in [0.5, 0.6) is 0 Å². The van der Waals surface area contributed by atoms with Gasteiger partial charge in [-0.2, -0.15) is 0 Å². The molecule has 0 spiro atoms. The Hall–Kier alpha value is -1.41. The molecule has 1 aliphatic carbocycles. The summed E-state index contributed by atoms with van der Waals surface area (Å²) in [5.74, 6) is 0.848. The zero-order chi connectivity index (χ0) is 14.1. The van der Waals surface area contributed by atoms with Crippen LogP contribution in [0, 0.1) is 13.8 Å². The second-order valence-electron chi connectivity index (χ2n) is 5.74. The highest BCUT2D eigenvalue weighted by Crippen LogP contribution is 2.25. The van der Waals surface area contributed by atoms with E-state index in [4.69, 9.17) is 16.6 Å². The smallest absolute Gasteiger partial charge is 0.136 e. The lowest BCUT2D eigenvalue weighted by atomic mass is 9.97. The Labute approximate surface area is 125 Å². The molecule has 104 valence electrons. The summed E-state index contributed by atoms with van der Waals surface area (Å²) in [4.78, 5) is 9.23. The van der Waals surface area contributed by atoms with Crippen molar-refractivity contribution >= 4 is 11.6 Å². The SMILES string of the molecule is Cc1cc(C)cc(Cc2nc(Cl)c3c(n2)CCCC3)c1. The van der Waals surface area contributed by atoms with Gasteiger partial charge >= 0.3 is 0 Å². The Balaban J connectivity index is 1.92. The largest absolute Gasteiger partial charge is 0.237 e. The third kappa shape index (κ3) is 2.85. The van der Waals surface area contributed by atoms with Gasteiger partial charge in [-0.15, -0.1) is 0 Å². The van der Waals surface area contributed by atoms with Gasteiger partial charge in [-0.1, -0.05) is 40.9 Å². The summed E-state index contributed by atoms with van der Waals surface area (Å²) in [6, 6.07) is 6.58. The zero-order valence-electron chi connectivity index (χ0n) is 12.0. The number of hydrogen-bond donors (Lipinski definition) is 0. The number of fused-ring (bicyclic) bond motifs is 1. The first kappa shape index (κ1) is 13.6. The van der Waals surface area contributed by atoms with Gasteiger partial charge in [0.2, 0.25) is 0 Å². The molecule has 0 aliphatic heterocycles. The number of aryl methyl sites for hydroxylation is 3. The zero-order valence-corrected chi connectivity index (χ0v) is 12.8. The topological polar surface area (TPSA) is 25.8 Å². The molecule has 1 aromatic heterocycles. The predicted molar refractivity (Wildman–Crippen MR) is 82.4 cm³/mol. The van der Waals surface area contributed by atoms with Gasteiger partial charge in [0.25, 0.3) is 0 Å². The minimum atomic E-state index is 0.661. The molecule has 3 rings (SSSR count). The molecule has 0 radical (unpaired) electrons. The van der Waals surface area contributed by atoms with Gasteiger partial charge in [-0.05, 0) is 45.1 Å². The fourth-order valence-corrected chi connectivity index (χ4v) is 3.33. The van der Waals surface area contributed by atoms with Gasteiger partial charge in [-0.25, -0.2) is 9.97 Å². The van der Waals surface area contributed by atoms with E-state index in [1.807, 2.05) is 0 Å². The Morgan fingerprint density at radius 3 is 2.45 bits per heavy atom. The lowest BCUT2D eigenvalue weighted by molar-refractivity contribution is 0.656. The number of hydrogen-bond acceptors (Lipinski definition) is 2. The molecule has 2 aromatic rings. The highest BCUT2D eigenvalue weighted by Gasteiger charge is 2.16. The van der Waals surface area contributed by atoms with Crippen LogP contribution >= 0.6 is 11.6 Å². The minimum absolute atomic E-state index is 0.661. The minimum Gasteiger partial charge on any atom is -0.237 e. The van der Waals surface area contributed by atoms with E-state index in [0.717, 1.165) is 30.8 Å². The number of aromatic nitrogens is 2. The summed E-state index contributed by atoms with van der Waals surface area (Å²) in [7, 11) is 0. The Morgan fingerprint density at radius 2 is 1.70 bits per heavy atom. The van der Waals surface area contributed by atoms with E-state index in [2.05, 4.69) is 37.0 Å². The van der Waals surface area contributed by atoms with Crippen molar-refractivity contribution in [3.8, 4) is 0 Å². The molecule has 20 heavy (non-hydrogen) atoms. The van der Waals surface area contributed by atoms with Crippen LogP contribution in [0.15, 0.2) is 18.2 Å². The first-order valence-corrected chi connectivity index (χ1v) is 7.61. The molecular formula is C17H19ClN2. The summed E-state index contributed by atoms with van der Waals surface area (Å²) in [6.07, 6.45) is 5.24. The van der Waals surface area contributed by atoms with E-state index in [1.165, 1.54) is 35.1 Å². The van der Waals surface area contributed by atoms with Crippen molar-refractivity contribution in [2.24, 2.45) is 0 Å². The van der Waals surface area contributed by atoms with E-state index in [-0.39, 0.29) is 0 Å². The lowest BCUT2D eigenvalue weighted by Gasteiger charge is -2.16. The Morgan fingerprint density at radius 1 is 1.00 bits per heavy atom. The molecular weight excluding hydrogens is 268 g/mol. The molecule has 3 heteroatoms. The van der Waals surface area contributed by atoms with Crippen molar-refractivity contribution in [3.05, 3.63) is 57.1 Å². The predicted octanol–water partition coefficient (Wildman–Crippen LogP) is 4.22. The monoisotopic (exact) mass is 286 g/mol. The molecule has 0 N–H and O–H groups in total. The van der Waals surface area contributed by atoms with Crippen molar-refractivity contribution in [1.82, 2.24) is 9.97 Å². The number of rotatable bonds is 2. The van der Waals surface area contributed by atoms with E-state index in [1.54, 1.807) is 0 Å². The maximum Gasteiger partial charge on any atom is 0.136 e. The van der Waals surface area contributed by atoms with E-state index in [9.17, 15) is 0 Å². The molecule has 1 aromatic carbocycles. The first-order chi connectivity index (χ1) is 9.61. The number of nitrogens with zero attached hydrogens (tertiary/aromatic N) is 2. The highest BCUT2D eigenvalue weighted by atomic mass is 35.5. The molecule has 1 aliphatic rings. The van der Waals surface area contributed by atoms with Crippen molar-refractivity contribution in [3.63, 3.8) is 0 Å². The molecule has 0 saturated heterocycles. The average Bonchev–Trinajstić information content (AvgIpc) is 2.37. The van der Waals surface area contributed by atoms with Crippen molar-refractivity contribution in [2.45, 2.75) is 46.0 Å². The van der Waals surface area contributed by atoms with E-state index < -0.39 is 0 Å². The van der Waals surface area contributed by atoms with Gasteiger partial charge in [-0.3, -0.25) is 0 Å². The second-order valence-corrected chi connectivity index (χ2v) is 6.09. The third-order valence-corrected chi connectivity index (χ3v) is 4.14. The normalized spacial score (nSPS) is 14.2. The molecule has 0 fully saturated rings. The first-order valence-electron chi connectivity index (χ1n) is 7.23. The number of benzene rings is 1. The summed E-state index contributed by atoms with van der Waals surface area (Å²) in [5, 5.41) is 0.661. The average molecular weight is 287 g/mol. The fourth-order valence-electron chi connectivity index (χ4n) is 3.03. The summed E-state index contributed by atoms with van der Waals surface area (Å²) >= 11 is 6.32. The van der Waals surface area contributed by atoms with Crippen LogP contribution in [0.4, 0.5) is 0 Å².